The van der Waals surface area contributed by atoms with Crippen LogP contribution in [0.4, 0.5) is 10.1 Å². The van der Waals surface area contributed by atoms with Gasteiger partial charge in [-0.25, -0.2) is 17.6 Å². The van der Waals surface area contributed by atoms with Crippen LogP contribution in [0.3, 0.4) is 0 Å². The van der Waals surface area contributed by atoms with Gasteiger partial charge in [-0.15, -0.1) is 0 Å². The first-order valence-electron chi connectivity index (χ1n) is 7.49. The maximum absolute atomic E-state index is 13.6. The number of esters is 1. The quantitative estimate of drug-likeness (QED) is 0.744. The molecule has 0 unspecified atom stereocenters. The van der Waals surface area contributed by atoms with Crippen LogP contribution in [0.5, 0.6) is 0 Å². The van der Waals surface area contributed by atoms with Gasteiger partial charge in [0.2, 0.25) is 0 Å². The number of ether oxygens (including phenoxy) is 1. The second-order valence-electron chi connectivity index (χ2n) is 5.55. The molecular formula is C17H17FN2O5S. The second-order valence-corrected chi connectivity index (χ2v) is 7.23. The average molecular weight is 380 g/mol. The first-order chi connectivity index (χ1) is 12.1. The third-order valence-corrected chi connectivity index (χ3v) is 4.87. The van der Waals surface area contributed by atoms with Gasteiger partial charge < -0.3 is 10.5 Å². The van der Waals surface area contributed by atoms with Crippen LogP contribution in [-0.2, 0) is 19.6 Å². The van der Waals surface area contributed by atoms with Crippen molar-refractivity contribution < 1.29 is 27.1 Å². The van der Waals surface area contributed by atoms with Gasteiger partial charge in [0.15, 0.2) is 6.10 Å². The molecule has 2 aromatic rings. The molecule has 7 nitrogen and oxygen atoms in total. The fraction of sp³-hybridized carbons (Fsp3) is 0.176. The first kappa shape index (κ1) is 19.4. The van der Waals surface area contributed by atoms with E-state index in [9.17, 15) is 22.4 Å². The number of sulfonamides is 1. The SMILES string of the molecule is Cc1ccc(S(=O)(=O)Nc2cccc(C(=O)O[C@@H](C)C(N)=O)c2)cc1F. The standard InChI is InChI=1S/C17H17FN2O5S/c1-10-6-7-14(9-15(10)18)26(23,24)20-13-5-3-4-12(8-13)17(22)25-11(2)16(19)21/h3-9,11,20H,1-2H3,(H2,19,21)/t11-/m0/s1. The molecule has 0 saturated carbocycles. The Balaban J connectivity index is 2.23. The topological polar surface area (TPSA) is 116 Å². The van der Waals surface area contributed by atoms with Crippen molar-refractivity contribution in [2.45, 2.75) is 24.8 Å². The molecule has 2 aromatic carbocycles. The van der Waals surface area contributed by atoms with Gasteiger partial charge in [0.25, 0.3) is 15.9 Å². The van der Waals surface area contributed by atoms with Gasteiger partial charge in [-0.1, -0.05) is 12.1 Å². The van der Waals surface area contributed by atoms with Crippen molar-refractivity contribution in [3.8, 4) is 0 Å². The molecule has 0 bridgehead atoms. The van der Waals surface area contributed by atoms with Crippen molar-refractivity contribution in [2.75, 3.05) is 4.72 Å². The molecule has 26 heavy (non-hydrogen) atoms. The minimum Gasteiger partial charge on any atom is -0.449 e. The fourth-order valence-corrected chi connectivity index (χ4v) is 3.01. The molecule has 0 aliphatic carbocycles. The van der Waals surface area contributed by atoms with E-state index in [1.165, 1.54) is 50.2 Å². The molecular weight excluding hydrogens is 363 g/mol. The zero-order chi connectivity index (χ0) is 19.5. The summed E-state index contributed by atoms with van der Waals surface area (Å²) < 4.78 is 45.4. The number of primary amides is 1. The van der Waals surface area contributed by atoms with Gasteiger partial charge >= 0.3 is 5.97 Å². The minimum atomic E-state index is -4.05. The highest BCUT2D eigenvalue weighted by atomic mass is 32.2. The van der Waals surface area contributed by atoms with E-state index in [0.717, 1.165) is 6.07 Å². The molecule has 0 aliphatic rings. The molecule has 0 aliphatic heterocycles. The summed E-state index contributed by atoms with van der Waals surface area (Å²) in [6.45, 7) is 2.83. The molecule has 2 rings (SSSR count). The Labute approximate surface area is 150 Å². The van der Waals surface area contributed by atoms with Gasteiger partial charge in [-0.3, -0.25) is 9.52 Å². The largest absolute Gasteiger partial charge is 0.449 e. The Kier molecular flexibility index (Phi) is 5.61. The molecule has 138 valence electrons. The van der Waals surface area contributed by atoms with Gasteiger partial charge in [-0.2, -0.15) is 0 Å². The molecule has 0 radical (unpaired) electrons. The first-order valence-corrected chi connectivity index (χ1v) is 8.98. The second kappa shape index (κ2) is 7.52. The monoisotopic (exact) mass is 380 g/mol. The van der Waals surface area contributed by atoms with E-state index < -0.39 is 33.8 Å². The van der Waals surface area contributed by atoms with Crippen molar-refractivity contribution in [2.24, 2.45) is 5.73 Å². The average Bonchev–Trinajstić information content (AvgIpc) is 2.56. The Bertz CT molecular complexity index is 959. The number of hydrogen-bond donors (Lipinski definition) is 2. The number of aryl methyl sites for hydroxylation is 1. The summed E-state index contributed by atoms with van der Waals surface area (Å²) in [4.78, 5) is 22.7. The van der Waals surface area contributed by atoms with Crippen LogP contribution in [0, 0.1) is 12.7 Å². The predicted molar refractivity (Wildman–Crippen MR) is 92.5 cm³/mol. The summed E-state index contributed by atoms with van der Waals surface area (Å²) in [6, 6.07) is 8.99. The van der Waals surface area contributed by atoms with E-state index in [4.69, 9.17) is 10.5 Å². The van der Waals surface area contributed by atoms with Gasteiger partial charge in [-0.05, 0) is 49.7 Å². The van der Waals surface area contributed by atoms with Gasteiger partial charge in [0.1, 0.15) is 5.82 Å². The van der Waals surface area contributed by atoms with E-state index in [0.29, 0.717) is 5.56 Å². The van der Waals surface area contributed by atoms with Crippen molar-refractivity contribution >= 4 is 27.6 Å². The molecule has 0 heterocycles. The fourth-order valence-electron chi connectivity index (χ4n) is 1.95. The van der Waals surface area contributed by atoms with E-state index in [1.54, 1.807) is 0 Å². The summed E-state index contributed by atoms with van der Waals surface area (Å²) in [7, 11) is -4.05. The molecule has 0 spiro atoms. The van der Waals surface area contributed by atoms with Crippen LogP contribution in [0.1, 0.15) is 22.8 Å². The van der Waals surface area contributed by atoms with Crippen molar-refractivity contribution in [3.63, 3.8) is 0 Å². The lowest BCUT2D eigenvalue weighted by atomic mass is 10.2. The number of nitrogens with one attached hydrogen (secondary N) is 1. The van der Waals surface area contributed by atoms with Gasteiger partial charge in [0.05, 0.1) is 10.5 Å². The highest BCUT2D eigenvalue weighted by Crippen LogP contribution is 2.20. The number of amides is 1. The normalized spacial score (nSPS) is 12.3. The Morgan fingerprint density at radius 2 is 1.88 bits per heavy atom. The maximum Gasteiger partial charge on any atom is 0.338 e. The molecule has 3 N–H and O–H groups in total. The smallest absolute Gasteiger partial charge is 0.338 e. The number of halogens is 1. The number of anilines is 1. The number of rotatable bonds is 6. The van der Waals surface area contributed by atoms with Crippen LogP contribution in [0.25, 0.3) is 0 Å². The van der Waals surface area contributed by atoms with E-state index in [1.807, 2.05) is 0 Å². The number of nitrogens with two attached hydrogens (primary N) is 1. The summed E-state index contributed by atoms with van der Waals surface area (Å²) in [6.07, 6.45) is -1.13. The molecule has 1 amide bonds. The van der Waals surface area contributed by atoms with Crippen LogP contribution in [-0.4, -0.2) is 26.4 Å². The highest BCUT2D eigenvalue weighted by molar-refractivity contribution is 7.92. The Morgan fingerprint density at radius 3 is 2.50 bits per heavy atom. The summed E-state index contributed by atoms with van der Waals surface area (Å²) in [5.41, 5.74) is 5.44. The van der Waals surface area contributed by atoms with Crippen molar-refractivity contribution in [3.05, 3.63) is 59.4 Å². The number of carbonyl (C=O) groups excluding carboxylic acids is 2. The van der Waals surface area contributed by atoms with Crippen molar-refractivity contribution in [1.29, 1.82) is 0 Å². The number of hydrogen-bond acceptors (Lipinski definition) is 5. The van der Waals surface area contributed by atoms with E-state index in [2.05, 4.69) is 4.72 Å². The van der Waals surface area contributed by atoms with Gasteiger partial charge in [0, 0.05) is 5.69 Å². The van der Waals surface area contributed by atoms with E-state index >= 15 is 0 Å². The predicted octanol–water partition coefficient (Wildman–Crippen LogP) is 1.97. The number of carbonyl (C=O) groups is 2. The third-order valence-electron chi connectivity index (χ3n) is 3.49. The van der Waals surface area contributed by atoms with Crippen LogP contribution >= 0.6 is 0 Å². The lowest BCUT2D eigenvalue weighted by Gasteiger charge is -2.12. The Hall–Kier alpha value is -2.94. The summed E-state index contributed by atoms with van der Waals surface area (Å²) in [5, 5.41) is 0. The van der Waals surface area contributed by atoms with E-state index in [-0.39, 0.29) is 16.1 Å². The molecule has 0 saturated heterocycles. The van der Waals surface area contributed by atoms with Crippen molar-refractivity contribution in [1.82, 2.24) is 0 Å². The minimum absolute atomic E-state index is 0.0217. The van der Waals surface area contributed by atoms with Crippen LogP contribution in [0.15, 0.2) is 47.4 Å². The lowest BCUT2D eigenvalue weighted by molar-refractivity contribution is -0.125. The molecule has 9 heteroatoms. The van der Waals surface area contributed by atoms with Crippen LogP contribution < -0.4 is 10.5 Å². The number of benzene rings is 2. The Morgan fingerprint density at radius 1 is 1.19 bits per heavy atom. The molecule has 0 aromatic heterocycles. The third kappa shape index (κ3) is 4.57. The summed E-state index contributed by atoms with van der Waals surface area (Å²) >= 11 is 0. The lowest BCUT2D eigenvalue weighted by Crippen LogP contribution is -2.30. The summed E-state index contributed by atoms with van der Waals surface area (Å²) in [5.74, 6) is -2.29. The maximum atomic E-state index is 13.6. The zero-order valence-corrected chi connectivity index (χ0v) is 14.8. The van der Waals surface area contributed by atoms with Crippen LogP contribution in [0.2, 0.25) is 0 Å². The highest BCUT2D eigenvalue weighted by Gasteiger charge is 2.19. The molecule has 0 fully saturated rings. The molecule has 1 atom stereocenters. The zero-order valence-electron chi connectivity index (χ0n) is 14.0.